The average molecular weight is 568 g/mol. The number of oxazole rings is 1. The van der Waals surface area contributed by atoms with E-state index in [2.05, 4.69) is 20.6 Å². The van der Waals surface area contributed by atoms with E-state index in [1.807, 2.05) is 47.2 Å². The second kappa shape index (κ2) is 11.5. The minimum Gasteiger partial charge on any atom is -0.467 e. The van der Waals surface area contributed by atoms with Crippen molar-refractivity contribution in [2.24, 2.45) is 0 Å². The predicted molar refractivity (Wildman–Crippen MR) is 155 cm³/mol. The Balaban J connectivity index is 1.26. The molecule has 0 saturated heterocycles. The second-order valence-corrected chi connectivity index (χ2v) is 10.2. The van der Waals surface area contributed by atoms with Gasteiger partial charge in [0.15, 0.2) is 12.2 Å². The molecule has 0 aliphatic heterocycles. The molecule has 5 heterocycles. The van der Waals surface area contributed by atoms with Gasteiger partial charge in [-0.1, -0.05) is 6.07 Å². The number of hydrogen-bond acceptors (Lipinski definition) is 8. The Morgan fingerprint density at radius 3 is 2.76 bits per heavy atom. The summed E-state index contributed by atoms with van der Waals surface area (Å²) in [5, 5.41) is 5.81. The molecule has 0 radical (unpaired) electrons. The Bertz CT molecular complexity index is 1780. The first-order valence-corrected chi connectivity index (χ1v) is 13.6. The lowest BCUT2D eigenvalue weighted by molar-refractivity contribution is 0.102. The number of nitrogens with one attached hydrogen (secondary N) is 2. The fraction of sp³-hybridized carbons (Fsp3) is 0.138. The number of carbonyl (C=O) groups excluding carboxylic acids is 2. The molecule has 0 unspecified atom stereocenters. The second-order valence-electron chi connectivity index (χ2n) is 9.15. The number of urea groups is 1. The van der Waals surface area contributed by atoms with Crippen LogP contribution in [0.5, 0.6) is 0 Å². The van der Waals surface area contributed by atoms with Crippen LogP contribution in [-0.4, -0.2) is 38.5 Å². The summed E-state index contributed by atoms with van der Waals surface area (Å²) in [4.78, 5) is 41.7. The number of aromatic nitrogens is 4. The third kappa shape index (κ3) is 5.72. The number of hydrogen-bond donors (Lipinski definition) is 2. The van der Waals surface area contributed by atoms with Crippen LogP contribution in [0.25, 0.3) is 21.7 Å². The zero-order valence-electron chi connectivity index (χ0n) is 22.0. The summed E-state index contributed by atoms with van der Waals surface area (Å²) in [7, 11) is 1.68. The molecule has 0 bridgehead atoms. The van der Waals surface area contributed by atoms with E-state index in [1.54, 1.807) is 43.9 Å². The molecule has 41 heavy (non-hydrogen) atoms. The molecule has 12 heteroatoms. The van der Waals surface area contributed by atoms with Crippen LogP contribution in [0.2, 0.25) is 0 Å². The van der Waals surface area contributed by atoms with E-state index in [0.29, 0.717) is 46.5 Å². The van der Waals surface area contributed by atoms with Crippen LogP contribution in [0.1, 0.15) is 21.0 Å². The van der Waals surface area contributed by atoms with E-state index in [0.717, 1.165) is 16.0 Å². The van der Waals surface area contributed by atoms with Crippen LogP contribution in [-0.2, 0) is 19.5 Å². The zero-order valence-corrected chi connectivity index (χ0v) is 22.8. The topological polar surface area (TPSA) is 131 Å². The molecule has 0 aliphatic carbocycles. The summed E-state index contributed by atoms with van der Waals surface area (Å²) in [6.07, 6.45) is 8.77. The van der Waals surface area contributed by atoms with Crippen molar-refractivity contribution >= 4 is 45.9 Å². The Hall–Kier alpha value is -5.23. The van der Waals surface area contributed by atoms with Gasteiger partial charge in [0.2, 0.25) is 5.95 Å². The first kappa shape index (κ1) is 26.0. The average Bonchev–Trinajstić information content (AvgIpc) is 3.82. The van der Waals surface area contributed by atoms with Crippen molar-refractivity contribution in [3.63, 3.8) is 0 Å². The van der Waals surface area contributed by atoms with Gasteiger partial charge in [-0.05, 0) is 60.5 Å². The minimum atomic E-state index is -0.287. The Kier molecular flexibility index (Phi) is 7.28. The van der Waals surface area contributed by atoms with E-state index < -0.39 is 0 Å². The van der Waals surface area contributed by atoms with Crippen molar-refractivity contribution in [1.82, 2.24) is 24.8 Å². The lowest BCUT2D eigenvalue weighted by Crippen LogP contribution is -2.36. The van der Waals surface area contributed by atoms with Crippen molar-refractivity contribution in [1.29, 1.82) is 0 Å². The molecule has 0 atom stereocenters. The van der Waals surface area contributed by atoms with E-state index in [-0.39, 0.29) is 18.5 Å². The standard InChI is InChI=1S/C29H25N7O4S/c1-35(29(38)32-16-21-5-3-13-39-21)20-6-7-23-22(14-20)33-28(36(23)12-10-19-4-2-11-30-15-19)34-27(37)26-9-8-25(41-26)24-17-31-18-40-24/h2-9,11,13-15,17-18H,10,12,16H2,1H3,(H,32,38)(H,33,34,37). The van der Waals surface area contributed by atoms with Crippen LogP contribution in [0.3, 0.4) is 0 Å². The minimum absolute atomic E-state index is 0.276. The molecule has 0 aliphatic rings. The number of carbonyl (C=O) groups is 2. The molecule has 0 fully saturated rings. The van der Waals surface area contributed by atoms with Crippen LogP contribution in [0.15, 0.2) is 94.7 Å². The van der Waals surface area contributed by atoms with E-state index >= 15 is 0 Å². The first-order valence-electron chi connectivity index (χ1n) is 12.8. The maximum atomic E-state index is 13.3. The molecule has 0 saturated carbocycles. The monoisotopic (exact) mass is 567 g/mol. The largest absolute Gasteiger partial charge is 0.467 e. The Morgan fingerprint density at radius 2 is 1.98 bits per heavy atom. The molecular formula is C29H25N7O4S. The third-order valence-corrected chi connectivity index (χ3v) is 7.59. The summed E-state index contributed by atoms with van der Waals surface area (Å²) in [6.45, 7) is 0.836. The van der Waals surface area contributed by atoms with Crippen LogP contribution >= 0.6 is 11.3 Å². The summed E-state index contributed by atoms with van der Waals surface area (Å²) in [6, 6.07) is 16.3. The number of furan rings is 1. The number of benzene rings is 1. The highest BCUT2D eigenvalue weighted by Crippen LogP contribution is 2.29. The SMILES string of the molecule is CN(C(=O)NCc1ccco1)c1ccc2c(c1)nc(NC(=O)c1ccc(-c3cnco3)s1)n2CCc1cccnc1. The quantitative estimate of drug-likeness (QED) is 0.233. The third-order valence-electron chi connectivity index (χ3n) is 6.49. The van der Waals surface area contributed by atoms with Gasteiger partial charge in [-0.2, -0.15) is 0 Å². The van der Waals surface area contributed by atoms with Crippen LogP contribution in [0, 0.1) is 0 Å². The van der Waals surface area contributed by atoms with E-state index in [1.165, 1.54) is 22.6 Å². The molecule has 11 nitrogen and oxygen atoms in total. The number of fused-ring (bicyclic) bond motifs is 1. The van der Waals surface area contributed by atoms with Crippen LogP contribution < -0.4 is 15.5 Å². The fourth-order valence-electron chi connectivity index (χ4n) is 4.34. The molecule has 5 aromatic heterocycles. The number of aryl methyl sites for hydroxylation is 2. The number of nitrogens with zero attached hydrogens (tertiary/aromatic N) is 5. The number of rotatable bonds is 9. The summed E-state index contributed by atoms with van der Waals surface area (Å²) in [5.74, 6) is 1.38. The Labute approximate surface area is 238 Å². The van der Waals surface area contributed by atoms with Gasteiger partial charge in [0.1, 0.15) is 5.76 Å². The van der Waals surface area contributed by atoms with Gasteiger partial charge in [-0.15, -0.1) is 11.3 Å². The van der Waals surface area contributed by atoms with Gasteiger partial charge in [0.05, 0.1) is 39.8 Å². The molecule has 1 aromatic carbocycles. The van der Waals surface area contributed by atoms with Gasteiger partial charge in [0.25, 0.3) is 5.91 Å². The molecule has 0 spiro atoms. The smallest absolute Gasteiger partial charge is 0.321 e. The number of amides is 3. The highest BCUT2D eigenvalue weighted by Gasteiger charge is 2.19. The molecule has 2 N–H and O–H groups in total. The lowest BCUT2D eigenvalue weighted by Gasteiger charge is -2.18. The number of thiophene rings is 1. The molecular weight excluding hydrogens is 542 g/mol. The maximum absolute atomic E-state index is 13.3. The zero-order chi connectivity index (χ0) is 28.2. The Morgan fingerprint density at radius 1 is 1.05 bits per heavy atom. The van der Waals surface area contributed by atoms with Crippen molar-refractivity contribution in [3.8, 4) is 10.6 Å². The van der Waals surface area contributed by atoms with E-state index in [4.69, 9.17) is 13.8 Å². The first-order chi connectivity index (χ1) is 20.0. The number of pyridine rings is 1. The van der Waals surface area contributed by atoms with Gasteiger partial charge in [-0.25, -0.2) is 14.8 Å². The van der Waals surface area contributed by atoms with Crippen molar-refractivity contribution in [3.05, 3.63) is 102 Å². The number of anilines is 2. The highest BCUT2D eigenvalue weighted by molar-refractivity contribution is 7.17. The molecule has 3 amide bonds. The molecule has 6 rings (SSSR count). The highest BCUT2D eigenvalue weighted by atomic mass is 32.1. The normalized spacial score (nSPS) is 11.0. The van der Waals surface area contributed by atoms with Gasteiger partial charge >= 0.3 is 6.03 Å². The van der Waals surface area contributed by atoms with Crippen LogP contribution in [0.4, 0.5) is 16.4 Å². The van der Waals surface area contributed by atoms with E-state index in [9.17, 15) is 9.59 Å². The summed E-state index contributed by atoms with van der Waals surface area (Å²) in [5.41, 5.74) is 3.18. The summed E-state index contributed by atoms with van der Waals surface area (Å²) < 4.78 is 12.6. The van der Waals surface area contributed by atoms with Crippen molar-refractivity contribution < 1.29 is 18.4 Å². The van der Waals surface area contributed by atoms with Crippen molar-refractivity contribution in [2.75, 3.05) is 17.3 Å². The van der Waals surface area contributed by atoms with Gasteiger partial charge in [-0.3, -0.25) is 20.0 Å². The number of imidazole rings is 1. The summed E-state index contributed by atoms with van der Waals surface area (Å²) >= 11 is 1.31. The molecule has 6 aromatic rings. The lowest BCUT2D eigenvalue weighted by atomic mass is 10.2. The fourth-order valence-corrected chi connectivity index (χ4v) is 5.19. The van der Waals surface area contributed by atoms with Gasteiger partial charge < -0.3 is 18.7 Å². The maximum Gasteiger partial charge on any atom is 0.321 e. The molecule has 206 valence electrons. The predicted octanol–water partition coefficient (Wildman–Crippen LogP) is 5.58. The van der Waals surface area contributed by atoms with Crippen molar-refractivity contribution in [2.45, 2.75) is 19.5 Å². The van der Waals surface area contributed by atoms with Gasteiger partial charge in [0, 0.05) is 31.7 Å².